The highest BCUT2D eigenvalue weighted by molar-refractivity contribution is 5.28. The summed E-state index contributed by atoms with van der Waals surface area (Å²) in [5.74, 6) is 1.18. The topological polar surface area (TPSA) is 50.5 Å². The summed E-state index contributed by atoms with van der Waals surface area (Å²) in [7, 11) is 0. The molecule has 3 rings (SSSR count). The molecule has 2 aromatic rings. The van der Waals surface area contributed by atoms with Crippen LogP contribution in [0.25, 0.3) is 0 Å². The fourth-order valence-corrected chi connectivity index (χ4v) is 3.61. The monoisotopic (exact) mass is 357 g/mol. The molecule has 142 valence electrons. The Morgan fingerprint density at radius 1 is 1.15 bits per heavy atom. The van der Waals surface area contributed by atoms with Gasteiger partial charge in [-0.1, -0.05) is 12.1 Å². The van der Waals surface area contributed by atoms with Crippen LogP contribution in [-0.2, 0) is 6.54 Å². The summed E-state index contributed by atoms with van der Waals surface area (Å²) in [6.45, 7) is 9.83. The largest absolute Gasteiger partial charge is 0.494 e. The second-order valence-electron chi connectivity index (χ2n) is 7.44. The van der Waals surface area contributed by atoms with Gasteiger partial charge in [-0.3, -0.25) is 9.58 Å². The van der Waals surface area contributed by atoms with E-state index in [0.717, 1.165) is 49.5 Å². The van der Waals surface area contributed by atoms with Gasteiger partial charge in [0.15, 0.2) is 0 Å². The third-order valence-electron chi connectivity index (χ3n) is 5.19. The molecule has 1 aliphatic rings. The van der Waals surface area contributed by atoms with Crippen LogP contribution in [-0.4, -0.2) is 39.5 Å². The molecule has 0 aliphatic carbocycles. The second kappa shape index (κ2) is 8.69. The number of rotatable bonds is 7. The molecule has 1 saturated heterocycles. The number of hydrogen-bond donors (Lipinski definition) is 1. The molecule has 5 heteroatoms. The van der Waals surface area contributed by atoms with Crippen LogP contribution >= 0.6 is 0 Å². The van der Waals surface area contributed by atoms with Gasteiger partial charge in [0.05, 0.1) is 18.4 Å². The number of benzene rings is 1. The summed E-state index contributed by atoms with van der Waals surface area (Å²) in [6, 6.07) is 10.4. The van der Waals surface area contributed by atoms with Crippen LogP contribution in [0, 0.1) is 5.92 Å². The van der Waals surface area contributed by atoms with Crippen LogP contribution in [0.1, 0.15) is 57.0 Å². The third kappa shape index (κ3) is 4.65. The maximum atomic E-state index is 10.7. The van der Waals surface area contributed by atoms with E-state index in [1.165, 1.54) is 0 Å². The zero-order valence-corrected chi connectivity index (χ0v) is 16.1. The molecule has 1 aromatic carbocycles. The summed E-state index contributed by atoms with van der Waals surface area (Å²) in [5.41, 5.74) is 2.12. The number of nitrogens with zero attached hydrogens (tertiary/aromatic N) is 3. The zero-order valence-electron chi connectivity index (χ0n) is 16.1. The van der Waals surface area contributed by atoms with E-state index in [2.05, 4.69) is 36.1 Å². The summed E-state index contributed by atoms with van der Waals surface area (Å²) < 4.78 is 7.49. The van der Waals surface area contributed by atoms with Crippen molar-refractivity contribution < 1.29 is 9.84 Å². The van der Waals surface area contributed by atoms with Gasteiger partial charge in [0, 0.05) is 18.8 Å². The first-order chi connectivity index (χ1) is 12.6. The number of piperidine rings is 1. The van der Waals surface area contributed by atoms with Crippen LogP contribution in [0.15, 0.2) is 36.5 Å². The Balaban J connectivity index is 1.50. The van der Waals surface area contributed by atoms with Crippen molar-refractivity contribution in [2.45, 2.75) is 52.3 Å². The van der Waals surface area contributed by atoms with Crippen molar-refractivity contribution in [2.24, 2.45) is 5.92 Å². The average Bonchev–Trinajstić information content (AvgIpc) is 3.12. The van der Waals surface area contributed by atoms with Crippen LogP contribution in [0.4, 0.5) is 0 Å². The minimum atomic E-state index is -0.395. The molecule has 26 heavy (non-hydrogen) atoms. The predicted octanol–water partition coefficient (Wildman–Crippen LogP) is 3.81. The molecule has 0 amide bonds. The van der Waals surface area contributed by atoms with Gasteiger partial charge in [-0.25, -0.2) is 0 Å². The first-order valence-corrected chi connectivity index (χ1v) is 9.74. The van der Waals surface area contributed by atoms with Gasteiger partial charge in [0.2, 0.25) is 0 Å². The Kier molecular flexibility index (Phi) is 6.33. The van der Waals surface area contributed by atoms with E-state index < -0.39 is 6.10 Å². The van der Waals surface area contributed by atoms with Gasteiger partial charge < -0.3 is 9.84 Å². The molecule has 1 aromatic heterocycles. The molecule has 1 atom stereocenters. The number of aliphatic hydroxyl groups excluding tert-OH is 1. The minimum absolute atomic E-state index is 0.317. The van der Waals surface area contributed by atoms with Gasteiger partial charge in [0.25, 0.3) is 0 Å². The van der Waals surface area contributed by atoms with E-state index in [0.29, 0.717) is 18.6 Å². The fraction of sp³-hybridized carbons (Fsp3) is 0.571. The highest BCUT2D eigenvalue weighted by atomic mass is 16.5. The number of likely N-dealkylation sites (tertiary alicyclic amines) is 1. The maximum Gasteiger partial charge on any atom is 0.119 e. The highest BCUT2D eigenvalue weighted by Gasteiger charge is 2.26. The smallest absolute Gasteiger partial charge is 0.119 e. The number of hydrogen-bond acceptors (Lipinski definition) is 4. The van der Waals surface area contributed by atoms with Crippen molar-refractivity contribution in [3.8, 4) is 5.75 Å². The fourth-order valence-electron chi connectivity index (χ4n) is 3.61. The highest BCUT2D eigenvalue weighted by Crippen LogP contribution is 2.31. The molecule has 0 saturated carbocycles. The molecular formula is C21H31N3O2. The van der Waals surface area contributed by atoms with Gasteiger partial charge in [-0.05, 0) is 76.4 Å². The summed E-state index contributed by atoms with van der Waals surface area (Å²) in [4.78, 5) is 2.44. The van der Waals surface area contributed by atoms with Crippen LogP contribution in [0.2, 0.25) is 0 Å². The van der Waals surface area contributed by atoms with Crippen molar-refractivity contribution in [1.29, 1.82) is 0 Å². The Hall–Kier alpha value is -1.85. The zero-order chi connectivity index (χ0) is 18.5. The third-order valence-corrected chi connectivity index (χ3v) is 5.19. The Labute approximate surface area is 156 Å². The molecule has 1 N–H and O–H groups in total. The summed E-state index contributed by atoms with van der Waals surface area (Å²) in [5, 5.41) is 15.4. The Morgan fingerprint density at radius 2 is 1.85 bits per heavy atom. The van der Waals surface area contributed by atoms with Gasteiger partial charge in [-0.15, -0.1) is 0 Å². The first-order valence-electron chi connectivity index (χ1n) is 9.74. The lowest BCUT2D eigenvalue weighted by molar-refractivity contribution is 0.0563. The first kappa shape index (κ1) is 18.9. The van der Waals surface area contributed by atoms with Crippen LogP contribution < -0.4 is 4.74 Å². The average molecular weight is 357 g/mol. The van der Waals surface area contributed by atoms with E-state index in [1.807, 2.05) is 35.9 Å². The van der Waals surface area contributed by atoms with Crippen LogP contribution in [0.5, 0.6) is 5.75 Å². The molecule has 1 aliphatic heterocycles. The summed E-state index contributed by atoms with van der Waals surface area (Å²) in [6.07, 6.45) is 3.69. The lowest BCUT2D eigenvalue weighted by Gasteiger charge is -2.34. The van der Waals surface area contributed by atoms with Crippen molar-refractivity contribution >= 4 is 0 Å². The Morgan fingerprint density at radius 3 is 2.42 bits per heavy atom. The molecule has 1 unspecified atom stereocenters. The van der Waals surface area contributed by atoms with E-state index in [1.54, 1.807) is 0 Å². The van der Waals surface area contributed by atoms with Crippen molar-refractivity contribution in [2.75, 3.05) is 19.7 Å². The van der Waals surface area contributed by atoms with Crippen molar-refractivity contribution in [3.05, 3.63) is 47.8 Å². The lowest BCUT2D eigenvalue weighted by Crippen LogP contribution is -2.35. The lowest BCUT2D eigenvalue weighted by atomic mass is 9.87. The Bertz CT molecular complexity index is 673. The minimum Gasteiger partial charge on any atom is -0.494 e. The number of aromatic nitrogens is 2. The SMILES string of the molecule is CCOc1ccc(C(O)C2CCN(Cc3ccn(C(C)C)n3)CC2)cc1. The summed E-state index contributed by atoms with van der Waals surface area (Å²) >= 11 is 0. The molecule has 2 heterocycles. The molecular weight excluding hydrogens is 326 g/mol. The van der Waals surface area contributed by atoms with Crippen molar-refractivity contribution in [3.63, 3.8) is 0 Å². The molecule has 0 radical (unpaired) electrons. The van der Waals surface area contributed by atoms with Gasteiger partial charge in [0.1, 0.15) is 5.75 Å². The van der Waals surface area contributed by atoms with Gasteiger partial charge >= 0.3 is 0 Å². The second-order valence-corrected chi connectivity index (χ2v) is 7.44. The standard InChI is InChI=1S/C21H31N3O2/c1-4-26-20-7-5-17(6-8-20)21(25)18-9-12-23(13-10-18)15-19-11-14-24(22-19)16(2)3/h5-8,11,14,16,18,21,25H,4,9-10,12-13,15H2,1-3H3. The van der Waals surface area contributed by atoms with E-state index in [9.17, 15) is 5.11 Å². The molecule has 5 nitrogen and oxygen atoms in total. The van der Waals surface area contributed by atoms with E-state index in [4.69, 9.17) is 4.74 Å². The van der Waals surface area contributed by atoms with E-state index >= 15 is 0 Å². The molecule has 0 bridgehead atoms. The van der Waals surface area contributed by atoms with E-state index in [-0.39, 0.29) is 0 Å². The molecule has 0 spiro atoms. The van der Waals surface area contributed by atoms with Crippen LogP contribution in [0.3, 0.4) is 0 Å². The number of ether oxygens (including phenoxy) is 1. The normalized spacial score (nSPS) is 17.6. The number of aliphatic hydroxyl groups is 1. The van der Waals surface area contributed by atoms with Gasteiger partial charge in [-0.2, -0.15) is 5.10 Å². The quantitative estimate of drug-likeness (QED) is 0.819. The molecule has 1 fully saturated rings. The van der Waals surface area contributed by atoms with Crippen molar-refractivity contribution in [1.82, 2.24) is 14.7 Å². The maximum absolute atomic E-state index is 10.7. The predicted molar refractivity (Wildman–Crippen MR) is 103 cm³/mol.